The highest BCUT2D eigenvalue weighted by Crippen LogP contribution is 2.22. The van der Waals surface area contributed by atoms with Gasteiger partial charge in [-0.15, -0.1) is 0 Å². The second kappa shape index (κ2) is 5.57. The average Bonchev–Trinajstić information content (AvgIpc) is 2.40. The molecule has 1 unspecified atom stereocenters. The molecule has 5 nitrogen and oxygen atoms in total. The Kier molecular flexibility index (Phi) is 3.86. The van der Waals surface area contributed by atoms with Gasteiger partial charge in [-0.2, -0.15) is 0 Å². The SMILES string of the molecule is COc1cncc(C(NN)c2cccc(C)n2)c1. The van der Waals surface area contributed by atoms with Crippen molar-refractivity contribution < 1.29 is 4.74 Å². The van der Waals surface area contributed by atoms with Crippen LogP contribution in [0.5, 0.6) is 5.75 Å². The fourth-order valence-electron chi connectivity index (χ4n) is 1.78. The quantitative estimate of drug-likeness (QED) is 0.627. The lowest BCUT2D eigenvalue weighted by atomic mass is 10.1. The molecule has 0 aliphatic carbocycles. The minimum atomic E-state index is -0.201. The number of pyridine rings is 2. The highest BCUT2D eigenvalue weighted by molar-refractivity contribution is 5.31. The smallest absolute Gasteiger partial charge is 0.137 e. The summed E-state index contributed by atoms with van der Waals surface area (Å²) in [7, 11) is 1.61. The Balaban J connectivity index is 2.38. The number of hydrazine groups is 1. The van der Waals surface area contributed by atoms with E-state index in [1.165, 1.54) is 0 Å². The summed E-state index contributed by atoms with van der Waals surface area (Å²) in [6.45, 7) is 1.95. The van der Waals surface area contributed by atoms with E-state index in [0.717, 1.165) is 17.0 Å². The van der Waals surface area contributed by atoms with Crippen molar-refractivity contribution >= 4 is 0 Å². The van der Waals surface area contributed by atoms with Crippen LogP contribution in [0.4, 0.5) is 0 Å². The van der Waals surface area contributed by atoms with Gasteiger partial charge in [-0.25, -0.2) is 5.43 Å². The zero-order chi connectivity index (χ0) is 13.0. The van der Waals surface area contributed by atoms with Gasteiger partial charge in [0.05, 0.1) is 25.0 Å². The lowest BCUT2D eigenvalue weighted by Gasteiger charge is -2.16. The average molecular weight is 244 g/mol. The van der Waals surface area contributed by atoms with E-state index in [0.29, 0.717) is 5.75 Å². The van der Waals surface area contributed by atoms with Gasteiger partial charge in [-0.1, -0.05) is 6.07 Å². The summed E-state index contributed by atoms with van der Waals surface area (Å²) in [6, 6.07) is 7.52. The second-order valence-electron chi connectivity index (χ2n) is 3.96. The second-order valence-corrected chi connectivity index (χ2v) is 3.96. The van der Waals surface area contributed by atoms with Gasteiger partial charge in [0.2, 0.25) is 0 Å². The van der Waals surface area contributed by atoms with Gasteiger partial charge in [-0.05, 0) is 30.7 Å². The highest BCUT2D eigenvalue weighted by Gasteiger charge is 2.14. The molecular weight excluding hydrogens is 228 g/mol. The monoisotopic (exact) mass is 244 g/mol. The van der Waals surface area contributed by atoms with Crippen molar-refractivity contribution in [2.45, 2.75) is 13.0 Å². The first kappa shape index (κ1) is 12.5. The molecule has 0 saturated carbocycles. The molecule has 0 aliphatic rings. The van der Waals surface area contributed by atoms with Gasteiger partial charge in [0.25, 0.3) is 0 Å². The summed E-state index contributed by atoms with van der Waals surface area (Å²) in [5.74, 6) is 6.31. The molecule has 0 spiro atoms. The molecule has 94 valence electrons. The summed E-state index contributed by atoms with van der Waals surface area (Å²) in [6.07, 6.45) is 3.40. The number of hydrogen-bond acceptors (Lipinski definition) is 5. The number of methoxy groups -OCH3 is 1. The summed E-state index contributed by atoms with van der Waals surface area (Å²) in [4.78, 5) is 8.59. The van der Waals surface area contributed by atoms with Crippen molar-refractivity contribution in [3.05, 3.63) is 53.6 Å². The van der Waals surface area contributed by atoms with E-state index >= 15 is 0 Å². The van der Waals surface area contributed by atoms with E-state index in [1.807, 2.05) is 31.2 Å². The first-order valence-corrected chi connectivity index (χ1v) is 5.63. The molecule has 0 aromatic carbocycles. The van der Waals surface area contributed by atoms with Gasteiger partial charge in [-0.3, -0.25) is 15.8 Å². The fraction of sp³-hybridized carbons (Fsp3) is 0.231. The molecule has 2 rings (SSSR count). The summed E-state index contributed by atoms with van der Waals surface area (Å²) in [5, 5.41) is 0. The molecule has 0 aliphatic heterocycles. The van der Waals surface area contributed by atoms with E-state index in [9.17, 15) is 0 Å². The lowest BCUT2D eigenvalue weighted by molar-refractivity contribution is 0.411. The molecule has 2 aromatic heterocycles. The number of aryl methyl sites for hydroxylation is 1. The number of ether oxygens (including phenoxy) is 1. The normalized spacial score (nSPS) is 12.2. The van der Waals surface area contributed by atoms with Crippen molar-refractivity contribution in [1.82, 2.24) is 15.4 Å². The van der Waals surface area contributed by atoms with Crippen LogP contribution in [0.3, 0.4) is 0 Å². The molecule has 5 heteroatoms. The van der Waals surface area contributed by atoms with Crippen LogP contribution in [0.2, 0.25) is 0 Å². The summed E-state index contributed by atoms with van der Waals surface area (Å²) >= 11 is 0. The molecule has 0 bridgehead atoms. The van der Waals surface area contributed by atoms with Crippen molar-refractivity contribution in [2.75, 3.05) is 7.11 Å². The highest BCUT2D eigenvalue weighted by atomic mass is 16.5. The Morgan fingerprint density at radius 3 is 2.83 bits per heavy atom. The van der Waals surface area contributed by atoms with Crippen LogP contribution in [0.25, 0.3) is 0 Å². The van der Waals surface area contributed by atoms with Gasteiger partial charge >= 0.3 is 0 Å². The molecule has 2 heterocycles. The van der Waals surface area contributed by atoms with Crippen molar-refractivity contribution in [2.24, 2.45) is 5.84 Å². The van der Waals surface area contributed by atoms with Gasteiger partial charge < -0.3 is 4.74 Å². The Hall–Kier alpha value is -1.98. The summed E-state index contributed by atoms with van der Waals surface area (Å²) < 4.78 is 5.16. The Morgan fingerprint density at radius 1 is 1.33 bits per heavy atom. The maximum Gasteiger partial charge on any atom is 0.137 e. The van der Waals surface area contributed by atoms with Crippen LogP contribution in [0.15, 0.2) is 36.7 Å². The number of nitrogens with one attached hydrogen (secondary N) is 1. The van der Waals surface area contributed by atoms with Gasteiger partial charge in [0.15, 0.2) is 0 Å². The molecule has 1 atom stereocenters. The van der Waals surface area contributed by atoms with Gasteiger partial charge in [0, 0.05) is 11.9 Å². The van der Waals surface area contributed by atoms with Crippen LogP contribution in [-0.4, -0.2) is 17.1 Å². The van der Waals surface area contributed by atoms with Gasteiger partial charge in [0.1, 0.15) is 5.75 Å². The van der Waals surface area contributed by atoms with Crippen LogP contribution in [-0.2, 0) is 0 Å². The molecule has 2 aromatic rings. The first-order valence-electron chi connectivity index (χ1n) is 5.63. The standard InChI is InChI=1S/C13H16N4O/c1-9-4-3-5-12(16-9)13(17-14)10-6-11(18-2)8-15-7-10/h3-8,13,17H,14H2,1-2H3. The van der Waals surface area contributed by atoms with E-state index < -0.39 is 0 Å². The maximum atomic E-state index is 5.62. The molecular formula is C13H16N4O. The lowest BCUT2D eigenvalue weighted by Crippen LogP contribution is -2.29. The molecule has 18 heavy (non-hydrogen) atoms. The van der Waals surface area contributed by atoms with E-state index in [4.69, 9.17) is 10.6 Å². The maximum absolute atomic E-state index is 5.62. The third-order valence-corrected chi connectivity index (χ3v) is 2.68. The van der Waals surface area contributed by atoms with Crippen molar-refractivity contribution in [3.63, 3.8) is 0 Å². The van der Waals surface area contributed by atoms with E-state index in [2.05, 4.69) is 15.4 Å². The zero-order valence-electron chi connectivity index (χ0n) is 10.4. The topological polar surface area (TPSA) is 73.1 Å². The minimum absolute atomic E-state index is 0.201. The Morgan fingerprint density at radius 2 is 2.17 bits per heavy atom. The van der Waals surface area contributed by atoms with Crippen LogP contribution in [0, 0.1) is 6.92 Å². The number of nitrogens with two attached hydrogens (primary N) is 1. The molecule has 0 amide bonds. The van der Waals surface area contributed by atoms with Crippen LogP contribution >= 0.6 is 0 Å². The van der Waals surface area contributed by atoms with E-state index in [1.54, 1.807) is 19.5 Å². The largest absolute Gasteiger partial charge is 0.495 e. The number of nitrogens with zero attached hydrogens (tertiary/aromatic N) is 2. The van der Waals surface area contributed by atoms with Crippen LogP contribution in [0.1, 0.15) is 23.0 Å². The Labute approximate surface area is 106 Å². The third kappa shape index (κ3) is 2.64. The van der Waals surface area contributed by atoms with Crippen molar-refractivity contribution in [1.29, 1.82) is 0 Å². The molecule has 0 radical (unpaired) electrons. The number of aromatic nitrogens is 2. The molecule has 0 fully saturated rings. The Bertz CT molecular complexity index is 530. The predicted molar refractivity (Wildman–Crippen MR) is 68.9 cm³/mol. The zero-order valence-corrected chi connectivity index (χ0v) is 10.4. The van der Waals surface area contributed by atoms with Crippen molar-refractivity contribution in [3.8, 4) is 5.75 Å². The third-order valence-electron chi connectivity index (χ3n) is 2.68. The van der Waals surface area contributed by atoms with Crippen LogP contribution < -0.4 is 16.0 Å². The minimum Gasteiger partial charge on any atom is -0.495 e. The number of rotatable bonds is 4. The molecule has 3 N–H and O–H groups in total. The molecule has 0 saturated heterocycles. The first-order chi connectivity index (χ1) is 8.74. The predicted octanol–water partition coefficient (Wildman–Crippen LogP) is 1.35. The number of hydrogen-bond donors (Lipinski definition) is 2. The van der Waals surface area contributed by atoms with E-state index in [-0.39, 0.29) is 6.04 Å². The fourth-order valence-corrected chi connectivity index (χ4v) is 1.78. The summed E-state index contributed by atoms with van der Waals surface area (Å²) in [5.41, 5.74) is 5.47.